The van der Waals surface area contributed by atoms with Crippen molar-refractivity contribution in [1.29, 1.82) is 0 Å². The molecule has 0 atom stereocenters. The lowest BCUT2D eigenvalue weighted by Crippen LogP contribution is -2.07. The Bertz CT molecular complexity index is 321. The van der Waals surface area contributed by atoms with Crippen molar-refractivity contribution in [2.45, 2.75) is 20.3 Å². The molecular formula is C10H13NO2. The van der Waals surface area contributed by atoms with Gasteiger partial charge in [0, 0.05) is 6.42 Å². The van der Waals surface area contributed by atoms with Gasteiger partial charge >= 0.3 is 5.97 Å². The van der Waals surface area contributed by atoms with Crippen molar-refractivity contribution in [2.24, 2.45) is 0 Å². The van der Waals surface area contributed by atoms with Gasteiger partial charge in [0.05, 0.1) is 5.69 Å². The third-order valence-corrected chi connectivity index (χ3v) is 1.80. The molecular weight excluding hydrogens is 166 g/mol. The molecule has 0 unspecified atom stereocenters. The van der Waals surface area contributed by atoms with Gasteiger partial charge in [-0.25, -0.2) is 0 Å². The van der Waals surface area contributed by atoms with Crippen LogP contribution in [0.4, 0.5) is 5.69 Å². The summed E-state index contributed by atoms with van der Waals surface area (Å²) in [5.74, 6) is 0.184. The molecule has 0 amide bonds. The van der Waals surface area contributed by atoms with Crippen LogP contribution in [0.1, 0.15) is 18.9 Å². The zero-order valence-corrected chi connectivity index (χ0v) is 7.83. The van der Waals surface area contributed by atoms with Gasteiger partial charge in [0.1, 0.15) is 0 Å². The van der Waals surface area contributed by atoms with Gasteiger partial charge < -0.3 is 10.5 Å². The van der Waals surface area contributed by atoms with Gasteiger partial charge in [0.2, 0.25) is 0 Å². The van der Waals surface area contributed by atoms with E-state index in [9.17, 15) is 4.79 Å². The lowest BCUT2D eigenvalue weighted by Gasteiger charge is -2.07. The van der Waals surface area contributed by atoms with Crippen LogP contribution in [0.2, 0.25) is 0 Å². The third-order valence-electron chi connectivity index (χ3n) is 1.80. The van der Waals surface area contributed by atoms with Crippen molar-refractivity contribution >= 4 is 11.7 Å². The van der Waals surface area contributed by atoms with Crippen LogP contribution in [-0.4, -0.2) is 5.97 Å². The summed E-state index contributed by atoms with van der Waals surface area (Å²) in [6, 6.07) is 5.37. The first kappa shape index (κ1) is 9.58. The highest BCUT2D eigenvalue weighted by Crippen LogP contribution is 2.24. The molecule has 2 N–H and O–H groups in total. The smallest absolute Gasteiger partial charge is 0.310 e. The number of hydrogen-bond acceptors (Lipinski definition) is 3. The number of carbonyl (C=O) groups is 1. The molecule has 3 heteroatoms. The predicted octanol–water partition coefficient (Wildman–Crippen LogP) is 1.89. The molecule has 1 rings (SSSR count). The van der Waals surface area contributed by atoms with Gasteiger partial charge in [-0.3, -0.25) is 4.79 Å². The Labute approximate surface area is 77.5 Å². The molecule has 0 aromatic heterocycles. The topological polar surface area (TPSA) is 52.3 Å². The van der Waals surface area contributed by atoms with E-state index in [0.717, 1.165) is 5.56 Å². The van der Waals surface area contributed by atoms with Crippen molar-refractivity contribution < 1.29 is 9.53 Å². The summed E-state index contributed by atoms with van der Waals surface area (Å²) in [6.45, 7) is 3.62. The van der Waals surface area contributed by atoms with Crippen LogP contribution in [0.25, 0.3) is 0 Å². The molecule has 0 saturated heterocycles. The highest BCUT2D eigenvalue weighted by molar-refractivity contribution is 5.74. The van der Waals surface area contributed by atoms with Crippen LogP contribution < -0.4 is 10.5 Å². The van der Waals surface area contributed by atoms with Crippen LogP contribution in [-0.2, 0) is 4.79 Å². The standard InChI is InChI=1S/C10H13NO2/c1-3-9(12)13-8-6-4-5-7(2)10(8)11/h4-6H,3,11H2,1-2H3. The summed E-state index contributed by atoms with van der Waals surface area (Å²) in [5.41, 5.74) is 7.16. The summed E-state index contributed by atoms with van der Waals surface area (Å²) in [7, 11) is 0. The highest BCUT2D eigenvalue weighted by atomic mass is 16.5. The van der Waals surface area contributed by atoms with E-state index in [1.54, 1.807) is 13.0 Å². The molecule has 70 valence electrons. The summed E-state index contributed by atoms with van der Waals surface area (Å²) >= 11 is 0. The van der Waals surface area contributed by atoms with E-state index in [2.05, 4.69) is 0 Å². The average Bonchev–Trinajstić information content (AvgIpc) is 2.13. The van der Waals surface area contributed by atoms with Crippen molar-refractivity contribution in [3.8, 4) is 5.75 Å². The van der Waals surface area contributed by atoms with Gasteiger partial charge in [0.25, 0.3) is 0 Å². The first-order valence-corrected chi connectivity index (χ1v) is 4.21. The maximum absolute atomic E-state index is 11.0. The normalized spacial score (nSPS) is 9.69. The van der Waals surface area contributed by atoms with Crippen molar-refractivity contribution in [1.82, 2.24) is 0 Å². The molecule has 0 spiro atoms. The van der Waals surface area contributed by atoms with E-state index in [-0.39, 0.29) is 5.97 Å². The molecule has 3 nitrogen and oxygen atoms in total. The van der Waals surface area contributed by atoms with Crippen LogP contribution in [0.15, 0.2) is 18.2 Å². The molecule has 1 aromatic carbocycles. The number of nitrogen functional groups attached to an aromatic ring is 1. The maximum Gasteiger partial charge on any atom is 0.310 e. The highest BCUT2D eigenvalue weighted by Gasteiger charge is 2.06. The summed E-state index contributed by atoms with van der Waals surface area (Å²) in [6.07, 6.45) is 0.355. The SMILES string of the molecule is CCC(=O)Oc1cccc(C)c1N. The first-order valence-electron chi connectivity index (χ1n) is 4.21. The Morgan fingerprint density at radius 2 is 2.23 bits per heavy atom. The molecule has 0 aliphatic rings. The van der Waals surface area contributed by atoms with Crippen molar-refractivity contribution in [3.05, 3.63) is 23.8 Å². The number of para-hydroxylation sites is 1. The number of esters is 1. The van der Waals surface area contributed by atoms with Gasteiger partial charge in [-0.1, -0.05) is 19.1 Å². The summed E-state index contributed by atoms with van der Waals surface area (Å²) in [4.78, 5) is 11.0. The Kier molecular flexibility index (Phi) is 2.90. The molecule has 0 aliphatic heterocycles. The summed E-state index contributed by atoms with van der Waals surface area (Å²) in [5, 5.41) is 0. The van der Waals surface area contributed by atoms with Gasteiger partial charge in [-0.15, -0.1) is 0 Å². The van der Waals surface area contributed by atoms with Crippen LogP contribution in [0, 0.1) is 6.92 Å². The minimum atomic E-state index is -0.266. The van der Waals surface area contributed by atoms with Gasteiger partial charge in [-0.2, -0.15) is 0 Å². The predicted molar refractivity (Wildman–Crippen MR) is 51.5 cm³/mol. The molecule has 0 radical (unpaired) electrons. The molecule has 0 heterocycles. The van der Waals surface area contributed by atoms with Crippen LogP contribution in [0.5, 0.6) is 5.75 Å². The Hall–Kier alpha value is -1.51. The monoisotopic (exact) mass is 179 g/mol. The van der Waals surface area contributed by atoms with Crippen molar-refractivity contribution in [2.75, 3.05) is 5.73 Å². The number of carbonyl (C=O) groups excluding carboxylic acids is 1. The van der Waals surface area contributed by atoms with E-state index in [0.29, 0.717) is 17.9 Å². The molecule has 0 saturated carbocycles. The fraction of sp³-hybridized carbons (Fsp3) is 0.300. The molecule has 0 fully saturated rings. The third kappa shape index (κ3) is 2.21. The van der Waals surface area contributed by atoms with E-state index in [1.807, 2.05) is 19.1 Å². The van der Waals surface area contributed by atoms with E-state index >= 15 is 0 Å². The lowest BCUT2D eigenvalue weighted by molar-refractivity contribution is -0.133. The molecule has 13 heavy (non-hydrogen) atoms. The lowest BCUT2D eigenvalue weighted by atomic mass is 10.2. The summed E-state index contributed by atoms with van der Waals surface area (Å²) < 4.78 is 5.01. The van der Waals surface area contributed by atoms with Gasteiger partial charge in [0.15, 0.2) is 5.75 Å². The van der Waals surface area contributed by atoms with Gasteiger partial charge in [-0.05, 0) is 18.6 Å². The second kappa shape index (κ2) is 3.94. The minimum Gasteiger partial charge on any atom is -0.424 e. The number of ether oxygens (including phenoxy) is 1. The number of benzene rings is 1. The number of nitrogens with two attached hydrogens (primary N) is 1. The second-order valence-corrected chi connectivity index (χ2v) is 2.81. The number of rotatable bonds is 2. The largest absolute Gasteiger partial charge is 0.424 e. The van der Waals surface area contributed by atoms with Crippen LogP contribution in [0.3, 0.4) is 0 Å². The Balaban J connectivity index is 2.89. The second-order valence-electron chi connectivity index (χ2n) is 2.81. The molecule has 1 aromatic rings. The Morgan fingerprint density at radius 1 is 1.54 bits per heavy atom. The fourth-order valence-corrected chi connectivity index (χ4v) is 0.938. The minimum absolute atomic E-state index is 0.266. The fourth-order valence-electron chi connectivity index (χ4n) is 0.938. The zero-order chi connectivity index (χ0) is 9.84. The zero-order valence-electron chi connectivity index (χ0n) is 7.83. The van der Waals surface area contributed by atoms with E-state index in [4.69, 9.17) is 10.5 Å². The number of anilines is 1. The molecule has 0 bridgehead atoms. The number of hydrogen-bond donors (Lipinski definition) is 1. The molecule has 0 aliphatic carbocycles. The first-order chi connectivity index (χ1) is 6.15. The number of aryl methyl sites for hydroxylation is 1. The van der Waals surface area contributed by atoms with E-state index in [1.165, 1.54) is 0 Å². The average molecular weight is 179 g/mol. The van der Waals surface area contributed by atoms with Crippen molar-refractivity contribution in [3.63, 3.8) is 0 Å². The Morgan fingerprint density at radius 3 is 2.85 bits per heavy atom. The maximum atomic E-state index is 11.0. The van der Waals surface area contributed by atoms with Crippen LogP contribution >= 0.6 is 0 Å². The quantitative estimate of drug-likeness (QED) is 0.428. The van der Waals surface area contributed by atoms with E-state index < -0.39 is 0 Å².